The van der Waals surface area contributed by atoms with E-state index in [1.807, 2.05) is 42.5 Å². The van der Waals surface area contributed by atoms with Gasteiger partial charge in [-0.15, -0.1) is 0 Å². The predicted molar refractivity (Wildman–Crippen MR) is 105 cm³/mol. The van der Waals surface area contributed by atoms with Gasteiger partial charge in [0.1, 0.15) is 0 Å². The molecule has 0 aliphatic carbocycles. The highest BCUT2D eigenvalue weighted by Crippen LogP contribution is 2.30. The summed E-state index contributed by atoms with van der Waals surface area (Å²) in [5.74, 6) is -0.311. The SMILES string of the molecule is O=C(Cc1ccc(C(F)(F)F)cc1)Nc1cccc(-c2n[nH]c3ccccc23)c1. The number of hydrogen-bond donors (Lipinski definition) is 2. The second kappa shape index (κ2) is 7.43. The van der Waals surface area contributed by atoms with Crippen LogP contribution in [0.5, 0.6) is 0 Å². The molecule has 0 aliphatic rings. The van der Waals surface area contributed by atoms with Crippen molar-refractivity contribution in [3.05, 3.63) is 83.9 Å². The first-order valence-corrected chi connectivity index (χ1v) is 8.90. The van der Waals surface area contributed by atoms with E-state index >= 15 is 0 Å². The van der Waals surface area contributed by atoms with Crippen molar-refractivity contribution < 1.29 is 18.0 Å². The molecule has 4 aromatic rings. The minimum atomic E-state index is -4.39. The third-order valence-corrected chi connectivity index (χ3v) is 4.54. The lowest BCUT2D eigenvalue weighted by Crippen LogP contribution is -2.14. The lowest BCUT2D eigenvalue weighted by Gasteiger charge is -2.09. The van der Waals surface area contributed by atoms with Gasteiger partial charge in [0.25, 0.3) is 0 Å². The molecule has 0 bridgehead atoms. The number of carbonyl (C=O) groups is 1. The summed E-state index contributed by atoms with van der Waals surface area (Å²) in [6.45, 7) is 0. The van der Waals surface area contributed by atoms with Crippen LogP contribution in [0.3, 0.4) is 0 Å². The third-order valence-electron chi connectivity index (χ3n) is 4.54. The molecule has 0 fully saturated rings. The number of rotatable bonds is 4. The summed E-state index contributed by atoms with van der Waals surface area (Å²) in [5.41, 5.74) is 2.89. The van der Waals surface area contributed by atoms with E-state index < -0.39 is 11.7 Å². The molecule has 0 unspecified atom stereocenters. The number of alkyl halides is 3. The van der Waals surface area contributed by atoms with Gasteiger partial charge in [0.05, 0.1) is 23.2 Å². The van der Waals surface area contributed by atoms with Gasteiger partial charge in [0.2, 0.25) is 5.91 Å². The summed E-state index contributed by atoms with van der Waals surface area (Å²) in [6.07, 6.45) is -4.41. The Bertz CT molecular complexity index is 1160. The third kappa shape index (κ3) is 4.13. The van der Waals surface area contributed by atoms with E-state index in [2.05, 4.69) is 15.5 Å². The molecule has 1 heterocycles. The molecular formula is C22H16F3N3O. The van der Waals surface area contributed by atoms with Crippen LogP contribution in [-0.2, 0) is 17.4 Å². The quantitative estimate of drug-likeness (QED) is 0.484. The summed E-state index contributed by atoms with van der Waals surface area (Å²) in [6, 6.07) is 19.6. The van der Waals surface area contributed by atoms with Crippen LogP contribution in [0.2, 0.25) is 0 Å². The molecule has 4 nitrogen and oxygen atoms in total. The van der Waals surface area contributed by atoms with Crippen molar-refractivity contribution >= 4 is 22.5 Å². The van der Waals surface area contributed by atoms with Gasteiger partial charge < -0.3 is 5.32 Å². The fraction of sp³-hybridized carbons (Fsp3) is 0.0909. The normalized spacial score (nSPS) is 11.6. The number of benzene rings is 3. The molecule has 0 atom stereocenters. The first kappa shape index (κ1) is 18.7. The van der Waals surface area contributed by atoms with Crippen LogP contribution in [0, 0.1) is 0 Å². The number of fused-ring (bicyclic) bond motifs is 1. The highest BCUT2D eigenvalue weighted by molar-refractivity contribution is 5.95. The van der Waals surface area contributed by atoms with Crippen molar-refractivity contribution in [2.75, 3.05) is 5.32 Å². The highest BCUT2D eigenvalue weighted by atomic mass is 19.4. The largest absolute Gasteiger partial charge is 0.416 e. The number of aromatic amines is 1. The van der Waals surface area contributed by atoms with Crippen molar-refractivity contribution in [1.82, 2.24) is 10.2 Å². The zero-order chi connectivity index (χ0) is 20.4. The molecule has 0 spiro atoms. The van der Waals surface area contributed by atoms with Crippen molar-refractivity contribution in [3.63, 3.8) is 0 Å². The molecule has 4 rings (SSSR count). The summed E-state index contributed by atoms with van der Waals surface area (Å²) >= 11 is 0. The molecule has 0 saturated heterocycles. The fourth-order valence-electron chi connectivity index (χ4n) is 3.13. The predicted octanol–water partition coefficient (Wildman–Crippen LogP) is 5.43. The molecule has 0 saturated carbocycles. The summed E-state index contributed by atoms with van der Waals surface area (Å²) < 4.78 is 37.9. The smallest absolute Gasteiger partial charge is 0.326 e. The Kier molecular flexibility index (Phi) is 4.80. The molecule has 3 aromatic carbocycles. The van der Waals surface area contributed by atoms with Crippen LogP contribution >= 0.6 is 0 Å². The van der Waals surface area contributed by atoms with Gasteiger partial charge in [-0.3, -0.25) is 9.89 Å². The monoisotopic (exact) mass is 395 g/mol. The van der Waals surface area contributed by atoms with E-state index in [-0.39, 0.29) is 12.3 Å². The molecule has 1 aromatic heterocycles. The van der Waals surface area contributed by atoms with Gasteiger partial charge in [-0.2, -0.15) is 18.3 Å². The van der Waals surface area contributed by atoms with Crippen LogP contribution in [0.25, 0.3) is 22.2 Å². The number of para-hydroxylation sites is 1. The number of nitrogens with zero attached hydrogens (tertiary/aromatic N) is 1. The first-order valence-electron chi connectivity index (χ1n) is 8.90. The topological polar surface area (TPSA) is 57.8 Å². The zero-order valence-corrected chi connectivity index (χ0v) is 15.1. The molecule has 0 radical (unpaired) electrons. The maximum absolute atomic E-state index is 12.6. The molecule has 29 heavy (non-hydrogen) atoms. The number of anilines is 1. The number of H-pyrrole nitrogens is 1. The van der Waals surface area contributed by atoms with Crippen LogP contribution in [0.1, 0.15) is 11.1 Å². The van der Waals surface area contributed by atoms with Gasteiger partial charge in [0, 0.05) is 16.6 Å². The number of nitrogens with one attached hydrogen (secondary N) is 2. The molecule has 1 amide bonds. The van der Waals surface area contributed by atoms with E-state index in [1.165, 1.54) is 12.1 Å². The van der Waals surface area contributed by atoms with Crippen LogP contribution in [0.4, 0.5) is 18.9 Å². The Morgan fingerprint density at radius 2 is 1.72 bits per heavy atom. The Morgan fingerprint density at radius 3 is 2.48 bits per heavy atom. The summed E-state index contributed by atoms with van der Waals surface area (Å²) in [4.78, 5) is 12.3. The second-order valence-electron chi connectivity index (χ2n) is 6.62. The van der Waals surface area contributed by atoms with Gasteiger partial charge >= 0.3 is 6.18 Å². The van der Waals surface area contributed by atoms with Gasteiger partial charge in [-0.25, -0.2) is 0 Å². The zero-order valence-electron chi connectivity index (χ0n) is 15.1. The first-order chi connectivity index (χ1) is 13.9. The Labute approximate surface area is 164 Å². The number of carbonyl (C=O) groups excluding carboxylic acids is 1. The maximum Gasteiger partial charge on any atom is 0.416 e. The number of hydrogen-bond acceptors (Lipinski definition) is 2. The second-order valence-corrected chi connectivity index (χ2v) is 6.62. The average molecular weight is 395 g/mol. The minimum absolute atomic E-state index is 0.0201. The lowest BCUT2D eigenvalue weighted by molar-refractivity contribution is -0.137. The Morgan fingerprint density at radius 1 is 0.966 bits per heavy atom. The summed E-state index contributed by atoms with van der Waals surface area (Å²) in [5, 5.41) is 11.1. The Balaban J connectivity index is 1.49. The highest BCUT2D eigenvalue weighted by Gasteiger charge is 2.29. The van der Waals surface area contributed by atoms with Crippen molar-refractivity contribution in [2.45, 2.75) is 12.6 Å². The maximum atomic E-state index is 12.6. The van der Waals surface area contributed by atoms with Gasteiger partial charge in [-0.1, -0.05) is 42.5 Å². The van der Waals surface area contributed by atoms with E-state index in [0.29, 0.717) is 11.3 Å². The Hall–Kier alpha value is -3.61. The van der Waals surface area contributed by atoms with E-state index in [0.717, 1.165) is 34.3 Å². The lowest BCUT2D eigenvalue weighted by atomic mass is 10.1. The molecule has 0 aliphatic heterocycles. The van der Waals surface area contributed by atoms with Crippen LogP contribution < -0.4 is 5.32 Å². The number of aromatic nitrogens is 2. The van der Waals surface area contributed by atoms with E-state index in [9.17, 15) is 18.0 Å². The van der Waals surface area contributed by atoms with Gasteiger partial charge in [0.15, 0.2) is 0 Å². The van der Waals surface area contributed by atoms with Crippen LogP contribution in [-0.4, -0.2) is 16.1 Å². The van der Waals surface area contributed by atoms with Gasteiger partial charge in [-0.05, 0) is 35.9 Å². The minimum Gasteiger partial charge on any atom is -0.326 e. The molecule has 7 heteroatoms. The van der Waals surface area contributed by atoms with E-state index in [1.54, 1.807) is 6.07 Å². The molecule has 2 N–H and O–H groups in total. The average Bonchev–Trinajstić information content (AvgIpc) is 3.12. The summed E-state index contributed by atoms with van der Waals surface area (Å²) in [7, 11) is 0. The standard InChI is InChI=1S/C22H16F3N3O/c23-22(24,25)16-10-8-14(9-11-16)12-20(29)26-17-5-3-4-15(13-17)21-18-6-1-2-7-19(18)27-28-21/h1-11,13H,12H2,(H,26,29)(H,27,28). The van der Waals surface area contributed by atoms with Crippen molar-refractivity contribution in [1.29, 1.82) is 0 Å². The van der Waals surface area contributed by atoms with Crippen molar-refractivity contribution in [2.24, 2.45) is 0 Å². The number of amides is 1. The van der Waals surface area contributed by atoms with Crippen LogP contribution in [0.15, 0.2) is 72.8 Å². The fourth-order valence-corrected chi connectivity index (χ4v) is 3.13. The molecular weight excluding hydrogens is 379 g/mol. The van der Waals surface area contributed by atoms with E-state index in [4.69, 9.17) is 0 Å². The number of halogens is 3. The van der Waals surface area contributed by atoms with Crippen molar-refractivity contribution in [3.8, 4) is 11.3 Å². The molecule has 146 valence electrons.